The second-order valence-electron chi connectivity index (χ2n) is 7.23. The molecule has 0 radical (unpaired) electrons. The SMILES string of the molecule is COc1cc(/C=C2/SC(=S)N(CCC(=O)N3CCN(C)CC3)C2=O)cc(OC)c1OC. The maximum atomic E-state index is 12.9. The number of carbonyl (C=O) groups excluding carboxylic acids is 2. The summed E-state index contributed by atoms with van der Waals surface area (Å²) >= 11 is 6.62. The Morgan fingerprint density at radius 2 is 1.71 bits per heavy atom. The summed E-state index contributed by atoms with van der Waals surface area (Å²) in [6.07, 6.45) is 2.00. The highest BCUT2D eigenvalue weighted by Gasteiger charge is 2.33. The molecule has 0 unspecified atom stereocenters. The van der Waals surface area contributed by atoms with Gasteiger partial charge in [0.2, 0.25) is 11.7 Å². The number of nitrogens with zero attached hydrogens (tertiary/aromatic N) is 3. The van der Waals surface area contributed by atoms with Crippen LogP contribution in [0.5, 0.6) is 17.2 Å². The number of piperazine rings is 1. The number of hydrogen-bond acceptors (Lipinski definition) is 8. The molecule has 3 rings (SSSR count). The van der Waals surface area contributed by atoms with Gasteiger partial charge in [0.05, 0.1) is 26.2 Å². The molecule has 0 saturated carbocycles. The molecule has 0 bridgehead atoms. The highest BCUT2D eigenvalue weighted by Crippen LogP contribution is 2.40. The fourth-order valence-corrected chi connectivity index (χ4v) is 4.76. The molecule has 1 aromatic carbocycles. The first-order valence-electron chi connectivity index (χ1n) is 9.89. The first-order chi connectivity index (χ1) is 14.9. The van der Waals surface area contributed by atoms with Gasteiger partial charge < -0.3 is 24.0 Å². The summed E-state index contributed by atoms with van der Waals surface area (Å²) in [4.78, 5) is 31.5. The number of carbonyl (C=O) groups is 2. The van der Waals surface area contributed by atoms with E-state index < -0.39 is 0 Å². The quantitative estimate of drug-likeness (QED) is 0.448. The fourth-order valence-electron chi connectivity index (χ4n) is 3.45. The van der Waals surface area contributed by atoms with Crippen LogP contribution in [0.2, 0.25) is 0 Å². The lowest BCUT2D eigenvalue weighted by atomic mass is 10.1. The van der Waals surface area contributed by atoms with Gasteiger partial charge in [-0.1, -0.05) is 24.0 Å². The van der Waals surface area contributed by atoms with Crippen molar-refractivity contribution >= 4 is 46.2 Å². The van der Waals surface area contributed by atoms with Crippen molar-refractivity contribution in [3.8, 4) is 17.2 Å². The van der Waals surface area contributed by atoms with Crippen LogP contribution in [0, 0.1) is 0 Å². The molecule has 0 aliphatic carbocycles. The van der Waals surface area contributed by atoms with Gasteiger partial charge in [-0.25, -0.2) is 0 Å². The Morgan fingerprint density at radius 3 is 2.26 bits per heavy atom. The van der Waals surface area contributed by atoms with Crippen LogP contribution in [0.25, 0.3) is 6.08 Å². The number of likely N-dealkylation sites (N-methyl/N-ethyl adjacent to an activating group) is 1. The molecular formula is C21H27N3O5S2. The fraction of sp³-hybridized carbons (Fsp3) is 0.476. The van der Waals surface area contributed by atoms with E-state index in [-0.39, 0.29) is 24.8 Å². The highest BCUT2D eigenvalue weighted by atomic mass is 32.2. The molecule has 168 valence electrons. The largest absolute Gasteiger partial charge is 0.493 e. The smallest absolute Gasteiger partial charge is 0.266 e. The van der Waals surface area contributed by atoms with E-state index in [4.69, 9.17) is 26.4 Å². The van der Waals surface area contributed by atoms with Crippen molar-refractivity contribution < 1.29 is 23.8 Å². The van der Waals surface area contributed by atoms with Crippen molar-refractivity contribution in [3.05, 3.63) is 22.6 Å². The topological polar surface area (TPSA) is 71.6 Å². The van der Waals surface area contributed by atoms with Crippen LogP contribution in [0.4, 0.5) is 0 Å². The summed E-state index contributed by atoms with van der Waals surface area (Å²) in [6, 6.07) is 3.54. The molecule has 10 heteroatoms. The van der Waals surface area contributed by atoms with Crippen molar-refractivity contribution in [2.45, 2.75) is 6.42 Å². The molecule has 2 amide bonds. The minimum Gasteiger partial charge on any atom is -0.493 e. The Hall–Kier alpha value is -2.30. The van der Waals surface area contributed by atoms with Crippen molar-refractivity contribution in [2.75, 3.05) is 61.1 Å². The van der Waals surface area contributed by atoms with Crippen molar-refractivity contribution in [2.24, 2.45) is 0 Å². The van der Waals surface area contributed by atoms with E-state index in [2.05, 4.69) is 4.90 Å². The van der Waals surface area contributed by atoms with E-state index in [1.54, 1.807) is 18.2 Å². The second kappa shape index (κ2) is 10.3. The van der Waals surface area contributed by atoms with E-state index in [9.17, 15) is 9.59 Å². The monoisotopic (exact) mass is 465 g/mol. The first-order valence-corrected chi connectivity index (χ1v) is 11.1. The van der Waals surface area contributed by atoms with Crippen LogP contribution in [-0.4, -0.2) is 91.9 Å². The number of ether oxygens (including phenoxy) is 3. The van der Waals surface area contributed by atoms with Crippen LogP contribution in [0.3, 0.4) is 0 Å². The number of rotatable bonds is 7. The van der Waals surface area contributed by atoms with Crippen LogP contribution in [0.15, 0.2) is 17.0 Å². The zero-order chi connectivity index (χ0) is 22.5. The zero-order valence-electron chi connectivity index (χ0n) is 18.2. The summed E-state index contributed by atoms with van der Waals surface area (Å²) in [6.45, 7) is 3.45. The summed E-state index contributed by atoms with van der Waals surface area (Å²) in [5, 5.41) is 0. The maximum absolute atomic E-state index is 12.9. The minimum absolute atomic E-state index is 0.0516. The van der Waals surface area contributed by atoms with Gasteiger partial charge in [0.1, 0.15) is 4.32 Å². The Balaban J connectivity index is 1.70. The molecule has 0 aromatic heterocycles. The third-order valence-corrected chi connectivity index (χ3v) is 6.64. The number of methoxy groups -OCH3 is 3. The molecule has 2 fully saturated rings. The van der Waals surface area contributed by atoms with Crippen molar-refractivity contribution in [1.29, 1.82) is 0 Å². The Labute approximate surface area is 192 Å². The molecule has 2 saturated heterocycles. The molecule has 2 aliphatic heterocycles. The molecular weight excluding hydrogens is 438 g/mol. The van der Waals surface area contributed by atoms with E-state index in [0.29, 0.717) is 26.5 Å². The second-order valence-corrected chi connectivity index (χ2v) is 8.90. The van der Waals surface area contributed by atoms with Gasteiger partial charge >= 0.3 is 0 Å². The minimum atomic E-state index is -0.199. The van der Waals surface area contributed by atoms with Gasteiger partial charge in [-0.2, -0.15) is 0 Å². The predicted octanol–water partition coefficient (Wildman–Crippen LogP) is 2.08. The standard InChI is InChI=1S/C21H27N3O5S2/c1-22-7-9-23(10-8-22)18(25)5-6-24-20(26)17(31-21(24)30)13-14-11-15(27-2)19(29-4)16(12-14)28-3/h11-13H,5-10H2,1-4H3/b17-13+. The number of thiocarbonyl (C=S) groups is 1. The molecule has 2 aliphatic rings. The molecule has 0 atom stereocenters. The van der Waals surface area contributed by atoms with Gasteiger partial charge in [0.25, 0.3) is 5.91 Å². The van der Waals surface area contributed by atoms with E-state index in [1.807, 2.05) is 11.9 Å². The average Bonchev–Trinajstić information content (AvgIpc) is 3.03. The van der Waals surface area contributed by atoms with Crippen LogP contribution in [-0.2, 0) is 9.59 Å². The molecule has 0 N–H and O–H groups in total. The van der Waals surface area contributed by atoms with E-state index >= 15 is 0 Å². The van der Waals surface area contributed by atoms with Gasteiger partial charge in [-0.15, -0.1) is 0 Å². The van der Waals surface area contributed by atoms with E-state index in [1.165, 1.54) is 38.0 Å². The van der Waals surface area contributed by atoms with Crippen molar-refractivity contribution in [3.63, 3.8) is 0 Å². The third-order valence-electron chi connectivity index (χ3n) is 5.26. The molecule has 2 heterocycles. The highest BCUT2D eigenvalue weighted by molar-refractivity contribution is 8.26. The van der Waals surface area contributed by atoms with E-state index in [0.717, 1.165) is 31.7 Å². The molecule has 1 aromatic rings. The molecule has 31 heavy (non-hydrogen) atoms. The zero-order valence-corrected chi connectivity index (χ0v) is 19.8. The van der Waals surface area contributed by atoms with Crippen LogP contribution >= 0.6 is 24.0 Å². The molecule has 8 nitrogen and oxygen atoms in total. The summed E-state index contributed by atoms with van der Waals surface area (Å²) in [5.41, 5.74) is 0.725. The third kappa shape index (κ3) is 5.31. The lowest BCUT2D eigenvalue weighted by Crippen LogP contribution is -2.47. The van der Waals surface area contributed by atoms with Gasteiger partial charge in [0.15, 0.2) is 11.5 Å². The Bertz CT molecular complexity index is 872. The number of benzene rings is 1. The Kier molecular flexibility index (Phi) is 7.79. The first kappa shape index (κ1) is 23.4. The lowest BCUT2D eigenvalue weighted by molar-refractivity contribution is -0.133. The summed E-state index contributed by atoms with van der Waals surface area (Å²) in [5.74, 6) is 1.34. The van der Waals surface area contributed by atoms with Crippen LogP contribution in [0.1, 0.15) is 12.0 Å². The van der Waals surface area contributed by atoms with Crippen LogP contribution < -0.4 is 14.2 Å². The van der Waals surface area contributed by atoms with Gasteiger partial charge in [0, 0.05) is 39.1 Å². The predicted molar refractivity (Wildman–Crippen MR) is 125 cm³/mol. The summed E-state index contributed by atoms with van der Waals surface area (Å²) in [7, 11) is 6.66. The average molecular weight is 466 g/mol. The summed E-state index contributed by atoms with van der Waals surface area (Å²) < 4.78 is 16.5. The normalized spacial score (nSPS) is 18.6. The Morgan fingerprint density at radius 1 is 1.10 bits per heavy atom. The van der Waals surface area contributed by atoms with Gasteiger partial charge in [-0.05, 0) is 30.8 Å². The lowest BCUT2D eigenvalue weighted by Gasteiger charge is -2.32. The number of hydrogen-bond donors (Lipinski definition) is 0. The van der Waals surface area contributed by atoms with Crippen molar-refractivity contribution in [1.82, 2.24) is 14.7 Å². The molecule has 0 spiro atoms. The number of amides is 2. The number of thioether (sulfide) groups is 1. The van der Waals surface area contributed by atoms with Gasteiger partial charge in [-0.3, -0.25) is 14.5 Å². The maximum Gasteiger partial charge on any atom is 0.266 e.